The van der Waals surface area contributed by atoms with Gasteiger partial charge in [0.1, 0.15) is 5.25 Å². The normalized spacial score (nSPS) is 13.2. The smallest absolute Gasteiger partial charge is 0.442 e. The van der Waals surface area contributed by atoms with E-state index >= 15 is 0 Å². The van der Waals surface area contributed by atoms with Gasteiger partial charge in [-0.05, 0) is 31.2 Å². The van der Waals surface area contributed by atoms with Crippen LogP contribution in [0.2, 0.25) is 0 Å². The molecule has 0 radical (unpaired) electrons. The fourth-order valence-electron chi connectivity index (χ4n) is 1.35. The molecule has 0 bridgehead atoms. The third-order valence-electron chi connectivity index (χ3n) is 2.13. The highest BCUT2D eigenvalue weighted by molar-refractivity contribution is 8.01. The first-order chi connectivity index (χ1) is 8.33. The molecule has 0 aliphatic heterocycles. The first-order valence-electron chi connectivity index (χ1n) is 5.31. The summed E-state index contributed by atoms with van der Waals surface area (Å²) in [7, 11) is 0. The summed E-state index contributed by atoms with van der Waals surface area (Å²) in [6.45, 7) is 3.43. The van der Waals surface area contributed by atoms with Crippen molar-refractivity contribution >= 4 is 17.7 Å². The SMILES string of the molecule is CCOC(=O)[C@@H](SC(F)(F)F)c1ccc(C)cc1. The summed E-state index contributed by atoms with van der Waals surface area (Å²) in [4.78, 5) is 11.6. The first-order valence-corrected chi connectivity index (χ1v) is 6.19. The minimum atomic E-state index is -4.48. The van der Waals surface area contributed by atoms with E-state index in [4.69, 9.17) is 0 Å². The van der Waals surface area contributed by atoms with E-state index in [0.29, 0.717) is 5.56 Å². The summed E-state index contributed by atoms with van der Waals surface area (Å²) >= 11 is -0.366. The number of esters is 1. The molecule has 1 aromatic carbocycles. The highest BCUT2D eigenvalue weighted by atomic mass is 32.2. The van der Waals surface area contributed by atoms with Gasteiger partial charge in [0.25, 0.3) is 0 Å². The third kappa shape index (κ3) is 4.60. The van der Waals surface area contributed by atoms with Gasteiger partial charge in [-0.1, -0.05) is 29.8 Å². The molecule has 0 saturated heterocycles. The number of benzene rings is 1. The average molecular weight is 278 g/mol. The van der Waals surface area contributed by atoms with Crippen LogP contribution in [0.5, 0.6) is 0 Å². The van der Waals surface area contributed by atoms with E-state index in [1.807, 2.05) is 6.92 Å². The number of alkyl halides is 3. The molecule has 0 aliphatic carbocycles. The fraction of sp³-hybridized carbons (Fsp3) is 0.417. The number of halogens is 3. The Morgan fingerprint density at radius 3 is 2.33 bits per heavy atom. The summed E-state index contributed by atoms with van der Waals surface area (Å²) < 4.78 is 42.0. The Morgan fingerprint density at radius 2 is 1.89 bits per heavy atom. The van der Waals surface area contributed by atoms with Crippen molar-refractivity contribution in [3.8, 4) is 0 Å². The number of aryl methyl sites for hydroxylation is 1. The number of hydrogen-bond donors (Lipinski definition) is 0. The Kier molecular flexibility index (Phi) is 5.07. The Morgan fingerprint density at radius 1 is 1.33 bits per heavy atom. The van der Waals surface area contributed by atoms with Crippen molar-refractivity contribution in [1.82, 2.24) is 0 Å². The van der Waals surface area contributed by atoms with Crippen LogP contribution in [-0.4, -0.2) is 18.1 Å². The molecule has 0 unspecified atom stereocenters. The Balaban J connectivity index is 2.96. The second kappa shape index (κ2) is 6.13. The molecule has 0 aromatic heterocycles. The zero-order valence-corrected chi connectivity index (χ0v) is 10.8. The van der Waals surface area contributed by atoms with Crippen LogP contribution in [-0.2, 0) is 9.53 Å². The quantitative estimate of drug-likeness (QED) is 0.782. The first kappa shape index (κ1) is 14.9. The van der Waals surface area contributed by atoms with E-state index in [1.165, 1.54) is 12.1 Å². The molecule has 0 saturated carbocycles. The molecule has 0 fully saturated rings. The van der Waals surface area contributed by atoms with Gasteiger partial charge in [-0.2, -0.15) is 13.2 Å². The molecular formula is C12H13F3O2S. The largest absolute Gasteiger partial charge is 0.465 e. The number of ether oxygens (including phenoxy) is 1. The Bertz CT molecular complexity index is 401. The molecule has 18 heavy (non-hydrogen) atoms. The van der Waals surface area contributed by atoms with Crippen LogP contribution in [0.3, 0.4) is 0 Å². The van der Waals surface area contributed by atoms with Gasteiger partial charge in [0, 0.05) is 0 Å². The highest BCUT2D eigenvalue weighted by Crippen LogP contribution is 2.42. The van der Waals surface area contributed by atoms with Gasteiger partial charge in [0.05, 0.1) is 6.61 Å². The molecule has 6 heteroatoms. The lowest BCUT2D eigenvalue weighted by Crippen LogP contribution is -2.17. The Hall–Kier alpha value is -1.17. The highest BCUT2D eigenvalue weighted by Gasteiger charge is 2.38. The standard InChI is InChI=1S/C12H13F3O2S/c1-3-17-11(16)10(18-12(13,14)15)9-6-4-8(2)5-7-9/h4-7,10H,3H2,1-2H3/t10-/m0/s1. The van der Waals surface area contributed by atoms with Crippen molar-refractivity contribution in [3.63, 3.8) is 0 Å². The van der Waals surface area contributed by atoms with E-state index in [-0.39, 0.29) is 18.4 Å². The lowest BCUT2D eigenvalue weighted by Gasteiger charge is -2.17. The van der Waals surface area contributed by atoms with Gasteiger partial charge < -0.3 is 4.74 Å². The molecular weight excluding hydrogens is 265 g/mol. The van der Waals surface area contributed by atoms with Crippen molar-refractivity contribution < 1.29 is 22.7 Å². The van der Waals surface area contributed by atoms with Gasteiger partial charge in [-0.3, -0.25) is 4.79 Å². The fourth-order valence-corrected chi connectivity index (χ4v) is 2.07. The van der Waals surface area contributed by atoms with Crippen LogP contribution >= 0.6 is 11.8 Å². The van der Waals surface area contributed by atoms with Crippen molar-refractivity contribution in [2.45, 2.75) is 24.6 Å². The van der Waals surface area contributed by atoms with Gasteiger partial charge >= 0.3 is 11.5 Å². The lowest BCUT2D eigenvalue weighted by molar-refractivity contribution is -0.142. The van der Waals surface area contributed by atoms with Crippen LogP contribution in [0.1, 0.15) is 23.3 Å². The van der Waals surface area contributed by atoms with Gasteiger partial charge in [-0.25, -0.2) is 0 Å². The molecule has 1 rings (SSSR count). The Labute approximate surface area is 108 Å². The minimum Gasteiger partial charge on any atom is -0.465 e. The van der Waals surface area contributed by atoms with Crippen molar-refractivity contribution in [3.05, 3.63) is 35.4 Å². The second-order valence-corrected chi connectivity index (χ2v) is 4.78. The molecule has 0 N–H and O–H groups in total. The van der Waals surface area contributed by atoms with Crippen LogP contribution in [0.25, 0.3) is 0 Å². The maximum absolute atomic E-state index is 12.4. The maximum Gasteiger partial charge on any atom is 0.442 e. The van der Waals surface area contributed by atoms with Crippen LogP contribution in [0.15, 0.2) is 24.3 Å². The topological polar surface area (TPSA) is 26.3 Å². The molecule has 1 atom stereocenters. The summed E-state index contributed by atoms with van der Waals surface area (Å²) in [5.74, 6) is -0.872. The van der Waals surface area contributed by atoms with Gasteiger partial charge in [0.2, 0.25) is 0 Å². The summed E-state index contributed by atoms with van der Waals surface area (Å²) in [6.07, 6.45) is 0. The summed E-state index contributed by atoms with van der Waals surface area (Å²) in [5.41, 5.74) is -3.28. The van der Waals surface area contributed by atoms with E-state index < -0.39 is 16.7 Å². The molecule has 0 aliphatic rings. The monoisotopic (exact) mass is 278 g/mol. The van der Waals surface area contributed by atoms with E-state index in [2.05, 4.69) is 4.74 Å². The van der Waals surface area contributed by atoms with Crippen LogP contribution < -0.4 is 0 Å². The van der Waals surface area contributed by atoms with Crippen LogP contribution in [0.4, 0.5) is 13.2 Å². The number of carbonyl (C=O) groups is 1. The van der Waals surface area contributed by atoms with Crippen LogP contribution in [0, 0.1) is 6.92 Å². The van der Waals surface area contributed by atoms with Crippen molar-refractivity contribution in [2.24, 2.45) is 0 Å². The molecule has 100 valence electrons. The predicted molar refractivity (Wildman–Crippen MR) is 64.2 cm³/mol. The number of thioether (sulfide) groups is 1. The number of rotatable bonds is 4. The van der Waals surface area contributed by atoms with E-state index in [1.54, 1.807) is 19.1 Å². The van der Waals surface area contributed by atoms with Crippen molar-refractivity contribution in [1.29, 1.82) is 0 Å². The number of carbonyl (C=O) groups excluding carboxylic acids is 1. The molecule has 0 heterocycles. The lowest BCUT2D eigenvalue weighted by atomic mass is 10.1. The van der Waals surface area contributed by atoms with E-state index in [0.717, 1.165) is 5.56 Å². The molecule has 1 aromatic rings. The predicted octanol–water partition coefficient (Wildman–Crippen LogP) is 3.85. The van der Waals surface area contributed by atoms with Gasteiger partial charge in [-0.15, -0.1) is 0 Å². The van der Waals surface area contributed by atoms with E-state index in [9.17, 15) is 18.0 Å². The molecule has 0 amide bonds. The molecule has 2 nitrogen and oxygen atoms in total. The maximum atomic E-state index is 12.4. The average Bonchev–Trinajstić information content (AvgIpc) is 2.26. The third-order valence-corrected chi connectivity index (χ3v) is 3.10. The summed E-state index contributed by atoms with van der Waals surface area (Å²) in [6, 6.07) is 6.35. The number of hydrogen-bond acceptors (Lipinski definition) is 3. The summed E-state index contributed by atoms with van der Waals surface area (Å²) in [5, 5.41) is -1.37. The second-order valence-electron chi connectivity index (χ2n) is 3.61. The van der Waals surface area contributed by atoms with Crippen molar-refractivity contribution in [2.75, 3.05) is 6.61 Å². The zero-order valence-electron chi connectivity index (χ0n) is 9.95. The minimum absolute atomic E-state index is 0.0552. The molecule has 0 spiro atoms. The van der Waals surface area contributed by atoms with Gasteiger partial charge in [0.15, 0.2) is 0 Å². The zero-order chi connectivity index (χ0) is 13.8.